The zero-order chi connectivity index (χ0) is 18.9. The van der Waals surface area contributed by atoms with Crippen molar-refractivity contribution in [2.45, 2.75) is 24.9 Å². The molecule has 27 heavy (non-hydrogen) atoms. The quantitative estimate of drug-likeness (QED) is 0.765. The third-order valence-electron chi connectivity index (χ3n) is 4.96. The van der Waals surface area contributed by atoms with E-state index < -0.39 is 11.6 Å². The number of anilines is 1. The fourth-order valence-electron chi connectivity index (χ4n) is 3.78. The zero-order valence-corrected chi connectivity index (χ0v) is 14.6. The topological polar surface area (TPSA) is 89.9 Å². The molecule has 3 aromatic rings. The van der Waals surface area contributed by atoms with Gasteiger partial charge in [-0.2, -0.15) is 0 Å². The largest absolute Gasteiger partial charge is 0.364 e. The highest BCUT2D eigenvalue weighted by molar-refractivity contribution is 5.90. The molecular formula is C19H19FN6O. The predicted octanol–water partition coefficient (Wildman–Crippen LogP) is 2.30. The Balaban J connectivity index is 1.93. The Morgan fingerprint density at radius 3 is 2.85 bits per heavy atom. The van der Waals surface area contributed by atoms with Crippen molar-refractivity contribution in [3.63, 3.8) is 0 Å². The van der Waals surface area contributed by atoms with Crippen molar-refractivity contribution in [3.8, 4) is 0 Å². The molecule has 0 bridgehead atoms. The molecule has 1 fully saturated rings. The van der Waals surface area contributed by atoms with Crippen molar-refractivity contribution in [2.75, 3.05) is 11.4 Å². The van der Waals surface area contributed by atoms with Crippen molar-refractivity contribution in [1.82, 2.24) is 19.5 Å². The van der Waals surface area contributed by atoms with E-state index in [1.165, 1.54) is 24.4 Å². The third-order valence-corrected chi connectivity index (χ3v) is 4.96. The number of hydrogen-bond donors (Lipinski definition) is 1. The van der Waals surface area contributed by atoms with E-state index in [1.807, 2.05) is 21.7 Å². The number of hydrogen-bond acceptors (Lipinski definition) is 5. The number of imidazole rings is 1. The molecule has 1 atom stereocenters. The maximum atomic E-state index is 14.1. The van der Waals surface area contributed by atoms with E-state index in [4.69, 9.17) is 5.73 Å². The molecule has 0 saturated carbocycles. The summed E-state index contributed by atoms with van der Waals surface area (Å²) in [6.07, 6.45) is 9.35. The van der Waals surface area contributed by atoms with E-state index in [2.05, 4.69) is 15.0 Å². The summed E-state index contributed by atoms with van der Waals surface area (Å²) in [5, 5.41) is 0. The summed E-state index contributed by atoms with van der Waals surface area (Å²) in [5.41, 5.74) is 5.56. The number of primary amides is 1. The summed E-state index contributed by atoms with van der Waals surface area (Å²) < 4.78 is 16.0. The van der Waals surface area contributed by atoms with E-state index in [9.17, 15) is 9.18 Å². The van der Waals surface area contributed by atoms with Crippen LogP contribution in [-0.4, -0.2) is 32.0 Å². The molecule has 4 rings (SSSR count). The van der Waals surface area contributed by atoms with Crippen LogP contribution in [0.3, 0.4) is 0 Å². The van der Waals surface area contributed by atoms with Gasteiger partial charge in [0, 0.05) is 30.7 Å². The first kappa shape index (κ1) is 17.1. The molecule has 0 radical (unpaired) electrons. The Kier molecular flexibility index (Phi) is 4.31. The van der Waals surface area contributed by atoms with Crippen LogP contribution in [0.15, 0.2) is 55.2 Å². The molecule has 1 aliphatic rings. The lowest BCUT2D eigenvalue weighted by molar-refractivity contribution is 0.0995. The highest BCUT2D eigenvalue weighted by Gasteiger charge is 2.43. The van der Waals surface area contributed by atoms with Crippen LogP contribution >= 0.6 is 0 Å². The summed E-state index contributed by atoms with van der Waals surface area (Å²) in [7, 11) is 0. The summed E-state index contributed by atoms with van der Waals surface area (Å²) >= 11 is 0. The second-order valence-electron chi connectivity index (χ2n) is 6.51. The van der Waals surface area contributed by atoms with E-state index in [-0.39, 0.29) is 11.5 Å². The lowest BCUT2D eigenvalue weighted by Gasteiger charge is -2.48. The van der Waals surface area contributed by atoms with Gasteiger partial charge in [0.2, 0.25) is 5.95 Å². The number of nitrogens with zero attached hydrogens (tertiary/aromatic N) is 5. The summed E-state index contributed by atoms with van der Waals surface area (Å²) in [6, 6.07) is 8.01. The molecule has 0 spiro atoms. The number of carbonyl (C=O) groups excluding carboxylic acids is 1. The smallest absolute Gasteiger partial charge is 0.267 e. The highest BCUT2D eigenvalue weighted by atomic mass is 19.1. The molecule has 1 aliphatic heterocycles. The molecule has 1 unspecified atom stereocenters. The second kappa shape index (κ2) is 6.79. The molecular weight excluding hydrogens is 347 g/mol. The Bertz CT molecular complexity index is 960. The first-order valence-corrected chi connectivity index (χ1v) is 8.76. The van der Waals surface area contributed by atoms with Gasteiger partial charge in [-0.25, -0.2) is 19.3 Å². The van der Waals surface area contributed by atoms with Gasteiger partial charge < -0.3 is 15.2 Å². The van der Waals surface area contributed by atoms with Crippen molar-refractivity contribution >= 4 is 11.9 Å². The minimum Gasteiger partial charge on any atom is -0.364 e. The minimum atomic E-state index is -0.743. The third kappa shape index (κ3) is 2.92. The number of benzene rings is 1. The van der Waals surface area contributed by atoms with Crippen molar-refractivity contribution in [1.29, 1.82) is 0 Å². The van der Waals surface area contributed by atoms with Gasteiger partial charge in [-0.3, -0.25) is 4.79 Å². The van der Waals surface area contributed by atoms with Gasteiger partial charge in [0.25, 0.3) is 5.91 Å². The van der Waals surface area contributed by atoms with Crippen LogP contribution < -0.4 is 10.6 Å². The molecule has 1 aromatic carbocycles. The Morgan fingerprint density at radius 2 is 2.11 bits per heavy atom. The number of nitrogens with two attached hydrogens (primary N) is 1. The lowest BCUT2D eigenvalue weighted by atomic mass is 9.87. The van der Waals surface area contributed by atoms with Crippen molar-refractivity contribution in [3.05, 3.63) is 72.3 Å². The molecule has 1 amide bonds. The van der Waals surface area contributed by atoms with Crippen LogP contribution in [0.4, 0.5) is 10.3 Å². The molecule has 138 valence electrons. The molecule has 1 saturated heterocycles. The summed E-state index contributed by atoms with van der Waals surface area (Å²) in [5.74, 6) is -0.553. The number of carbonyl (C=O) groups is 1. The average Bonchev–Trinajstić information content (AvgIpc) is 3.23. The number of aromatic nitrogens is 4. The average molecular weight is 366 g/mol. The minimum absolute atomic E-state index is 0.143. The highest BCUT2D eigenvalue weighted by Crippen LogP contribution is 2.41. The van der Waals surface area contributed by atoms with Crippen LogP contribution in [-0.2, 0) is 5.66 Å². The number of halogens is 1. The first-order chi connectivity index (χ1) is 13.1. The fourth-order valence-corrected chi connectivity index (χ4v) is 3.78. The van der Waals surface area contributed by atoms with Crippen LogP contribution in [0, 0.1) is 5.82 Å². The first-order valence-electron chi connectivity index (χ1n) is 8.76. The van der Waals surface area contributed by atoms with Crippen LogP contribution in [0.5, 0.6) is 0 Å². The Hall–Kier alpha value is -3.29. The van der Waals surface area contributed by atoms with Crippen molar-refractivity contribution in [2.24, 2.45) is 5.73 Å². The molecule has 7 nitrogen and oxygen atoms in total. The van der Waals surface area contributed by atoms with Crippen molar-refractivity contribution < 1.29 is 9.18 Å². The van der Waals surface area contributed by atoms with Gasteiger partial charge in [-0.15, -0.1) is 0 Å². The number of piperidine rings is 1. The maximum Gasteiger partial charge on any atom is 0.267 e. The normalized spacial score (nSPS) is 19.8. The zero-order valence-electron chi connectivity index (χ0n) is 14.6. The van der Waals surface area contributed by atoms with Crippen LogP contribution in [0.2, 0.25) is 0 Å². The van der Waals surface area contributed by atoms with E-state index >= 15 is 0 Å². The van der Waals surface area contributed by atoms with E-state index in [0.717, 1.165) is 24.8 Å². The number of amides is 1. The maximum absolute atomic E-state index is 14.1. The lowest BCUT2D eigenvalue weighted by Crippen LogP contribution is -2.55. The molecule has 3 heterocycles. The molecule has 8 heteroatoms. The van der Waals surface area contributed by atoms with E-state index in [0.29, 0.717) is 12.5 Å². The molecule has 0 aliphatic carbocycles. The van der Waals surface area contributed by atoms with E-state index in [1.54, 1.807) is 18.6 Å². The van der Waals surface area contributed by atoms with Gasteiger partial charge in [0.15, 0.2) is 0 Å². The predicted molar refractivity (Wildman–Crippen MR) is 97.4 cm³/mol. The van der Waals surface area contributed by atoms with Gasteiger partial charge >= 0.3 is 0 Å². The standard InChI is InChI=1S/C19H19FN6O/c20-15-5-3-4-14(12-15)19(25-11-9-22-13-25)7-1-2-10-26(19)18-23-8-6-16(24-18)17(21)27/h3-6,8-9,11-13H,1-2,7,10H2,(H2,21,27). The monoisotopic (exact) mass is 366 g/mol. The second-order valence-corrected chi connectivity index (χ2v) is 6.51. The van der Waals surface area contributed by atoms with Gasteiger partial charge in [0.1, 0.15) is 17.2 Å². The van der Waals surface area contributed by atoms with Gasteiger partial charge in [0.05, 0.1) is 6.33 Å². The van der Waals surface area contributed by atoms with Gasteiger partial charge in [-0.05, 0) is 37.5 Å². The summed E-state index contributed by atoms with van der Waals surface area (Å²) in [4.78, 5) is 26.5. The number of rotatable bonds is 4. The van der Waals surface area contributed by atoms with Gasteiger partial charge in [-0.1, -0.05) is 12.1 Å². The molecule has 2 aromatic heterocycles. The summed E-state index contributed by atoms with van der Waals surface area (Å²) in [6.45, 7) is 0.650. The van der Waals surface area contributed by atoms with Crippen LogP contribution in [0.1, 0.15) is 35.3 Å². The SMILES string of the molecule is NC(=O)c1ccnc(N2CCCCC2(c2cccc(F)c2)n2ccnc2)n1. The Morgan fingerprint density at radius 1 is 1.22 bits per heavy atom. The molecule has 2 N–H and O–H groups in total. The fraction of sp³-hybridized carbons (Fsp3) is 0.263. The van der Waals surface area contributed by atoms with Crippen LogP contribution in [0.25, 0.3) is 0 Å². The Labute approximate surface area is 155 Å².